The summed E-state index contributed by atoms with van der Waals surface area (Å²) in [7, 11) is 0. The average Bonchev–Trinajstić information content (AvgIpc) is 3.23. The van der Waals surface area contributed by atoms with E-state index >= 15 is 0 Å². The third-order valence-electron chi connectivity index (χ3n) is 4.25. The number of guanidine groups is 1. The molecule has 1 aliphatic rings. The first-order valence-corrected chi connectivity index (χ1v) is 8.51. The van der Waals surface area contributed by atoms with Crippen LogP contribution >= 0.6 is 0 Å². The number of nitrogens with zero attached hydrogens (tertiary/aromatic N) is 4. The maximum Gasteiger partial charge on any atom is 0.194 e. The molecule has 0 unspecified atom stereocenters. The van der Waals surface area contributed by atoms with E-state index in [0.717, 1.165) is 37.0 Å². The smallest absolute Gasteiger partial charge is 0.194 e. The molecule has 128 valence electrons. The van der Waals surface area contributed by atoms with Crippen LogP contribution < -0.4 is 5.32 Å². The van der Waals surface area contributed by atoms with Gasteiger partial charge >= 0.3 is 0 Å². The molecule has 0 spiro atoms. The zero-order valence-corrected chi connectivity index (χ0v) is 14.3. The van der Waals surface area contributed by atoms with Gasteiger partial charge in [-0.3, -0.25) is 0 Å². The number of halogens is 1. The van der Waals surface area contributed by atoms with Gasteiger partial charge in [-0.15, -0.1) is 0 Å². The summed E-state index contributed by atoms with van der Waals surface area (Å²) in [6, 6.07) is 5.28. The fourth-order valence-corrected chi connectivity index (χ4v) is 3.00. The lowest BCUT2D eigenvalue weighted by atomic mass is 10.2. The normalized spacial score (nSPS) is 15.1. The van der Waals surface area contributed by atoms with Gasteiger partial charge in [-0.25, -0.2) is 14.4 Å². The summed E-state index contributed by atoms with van der Waals surface area (Å²) in [4.78, 5) is 11.1. The van der Waals surface area contributed by atoms with Gasteiger partial charge in [0.2, 0.25) is 0 Å². The second-order valence-corrected chi connectivity index (χ2v) is 5.99. The predicted molar refractivity (Wildman–Crippen MR) is 93.9 cm³/mol. The second-order valence-electron chi connectivity index (χ2n) is 5.99. The lowest BCUT2D eigenvalue weighted by Gasteiger charge is -2.20. The molecule has 1 aliphatic heterocycles. The number of nitrogens with one attached hydrogen (secondary N) is 1. The molecule has 6 heteroatoms. The van der Waals surface area contributed by atoms with Crippen LogP contribution in [0.4, 0.5) is 4.39 Å². The molecule has 1 saturated heterocycles. The second kappa shape index (κ2) is 7.47. The van der Waals surface area contributed by atoms with Crippen LogP contribution in [0.5, 0.6) is 0 Å². The number of hydrogen-bond acceptors (Lipinski definition) is 2. The van der Waals surface area contributed by atoms with Crippen molar-refractivity contribution in [2.24, 2.45) is 4.99 Å². The van der Waals surface area contributed by atoms with Gasteiger partial charge < -0.3 is 14.8 Å². The zero-order valence-electron chi connectivity index (χ0n) is 14.3. The molecular formula is C18H24FN5. The van der Waals surface area contributed by atoms with Crippen molar-refractivity contribution in [1.29, 1.82) is 0 Å². The first-order chi connectivity index (χ1) is 11.7. The molecule has 1 fully saturated rings. The summed E-state index contributed by atoms with van der Waals surface area (Å²) in [6.45, 7) is 7.31. The molecule has 0 amide bonds. The Kier molecular flexibility index (Phi) is 5.13. The van der Waals surface area contributed by atoms with E-state index in [1.165, 1.54) is 12.8 Å². The maximum atomic E-state index is 14.4. The van der Waals surface area contributed by atoms with Gasteiger partial charge in [0.1, 0.15) is 11.6 Å². The summed E-state index contributed by atoms with van der Waals surface area (Å²) in [6.07, 6.45) is 5.85. The van der Waals surface area contributed by atoms with E-state index in [2.05, 4.69) is 27.1 Å². The SMILES string of the molecule is CCNC(=NCc1ccc(-n2ccnc2C)c(F)c1)N1CCCC1. The molecule has 0 saturated carbocycles. The van der Waals surface area contributed by atoms with E-state index in [4.69, 9.17) is 0 Å². The summed E-state index contributed by atoms with van der Waals surface area (Å²) in [5.74, 6) is 1.43. The highest BCUT2D eigenvalue weighted by Crippen LogP contribution is 2.17. The van der Waals surface area contributed by atoms with Crippen LogP contribution in [-0.4, -0.2) is 40.0 Å². The Hall–Kier alpha value is -2.37. The molecule has 1 aromatic carbocycles. The molecule has 0 radical (unpaired) electrons. The molecular weight excluding hydrogens is 305 g/mol. The van der Waals surface area contributed by atoms with Crippen molar-refractivity contribution in [2.75, 3.05) is 19.6 Å². The summed E-state index contributed by atoms with van der Waals surface area (Å²) in [5.41, 5.74) is 1.38. The Balaban J connectivity index is 1.76. The van der Waals surface area contributed by atoms with Crippen molar-refractivity contribution >= 4 is 5.96 Å². The molecule has 2 aromatic rings. The quantitative estimate of drug-likeness (QED) is 0.693. The third-order valence-corrected chi connectivity index (χ3v) is 4.25. The number of hydrogen-bond donors (Lipinski definition) is 1. The van der Waals surface area contributed by atoms with Crippen molar-refractivity contribution in [3.8, 4) is 5.69 Å². The molecule has 0 aliphatic carbocycles. The zero-order chi connectivity index (χ0) is 16.9. The molecule has 0 bridgehead atoms. The van der Waals surface area contributed by atoms with Crippen molar-refractivity contribution in [3.63, 3.8) is 0 Å². The number of rotatable bonds is 4. The molecule has 1 N–H and O–H groups in total. The summed E-state index contributed by atoms with van der Waals surface area (Å²) >= 11 is 0. The van der Waals surface area contributed by atoms with Gasteiger partial charge in [0.15, 0.2) is 5.96 Å². The summed E-state index contributed by atoms with van der Waals surface area (Å²) in [5, 5.41) is 3.32. The van der Waals surface area contributed by atoms with Gasteiger partial charge in [-0.05, 0) is 44.4 Å². The van der Waals surface area contributed by atoms with E-state index in [-0.39, 0.29) is 5.82 Å². The highest BCUT2D eigenvalue weighted by Gasteiger charge is 2.15. The molecule has 0 atom stereocenters. The lowest BCUT2D eigenvalue weighted by Crippen LogP contribution is -2.39. The molecule has 2 heterocycles. The average molecular weight is 329 g/mol. The minimum Gasteiger partial charge on any atom is -0.357 e. The highest BCUT2D eigenvalue weighted by molar-refractivity contribution is 5.80. The number of likely N-dealkylation sites (tertiary alicyclic amines) is 1. The fraction of sp³-hybridized carbons (Fsp3) is 0.444. The van der Waals surface area contributed by atoms with Crippen LogP contribution in [0, 0.1) is 12.7 Å². The third kappa shape index (κ3) is 3.58. The Morgan fingerprint density at radius 1 is 1.33 bits per heavy atom. The Morgan fingerprint density at radius 3 is 2.75 bits per heavy atom. The maximum absolute atomic E-state index is 14.4. The van der Waals surface area contributed by atoms with Crippen LogP contribution in [0.25, 0.3) is 5.69 Å². The Morgan fingerprint density at radius 2 is 2.12 bits per heavy atom. The molecule has 3 rings (SSSR count). The van der Waals surface area contributed by atoms with Gasteiger partial charge in [-0.1, -0.05) is 6.07 Å². The minimum atomic E-state index is -0.255. The first kappa shape index (κ1) is 16.5. The van der Waals surface area contributed by atoms with Gasteiger partial charge in [0.05, 0.1) is 12.2 Å². The van der Waals surface area contributed by atoms with Crippen molar-refractivity contribution < 1.29 is 4.39 Å². The minimum absolute atomic E-state index is 0.255. The van der Waals surface area contributed by atoms with Crippen molar-refractivity contribution in [3.05, 3.63) is 47.8 Å². The van der Waals surface area contributed by atoms with Crippen LogP contribution in [0.15, 0.2) is 35.6 Å². The predicted octanol–water partition coefficient (Wildman–Crippen LogP) is 2.88. The van der Waals surface area contributed by atoms with E-state index in [9.17, 15) is 4.39 Å². The summed E-state index contributed by atoms with van der Waals surface area (Å²) < 4.78 is 16.2. The van der Waals surface area contributed by atoms with Crippen LogP contribution in [0.1, 0.15) is 31.2 Å². The van der Waals surface area contributed by atoms with Crippen molar-refractivity contribution in [1.82, 2.24) is 19.8 Å². The van der Waals surface area contributed by atoms with Gasteiger partial charge in [0, 0.05) is 32.0 Å². The van der Waals surface area contributed by atoms with Gasteiger partial charge in [-0.2, -0.15) is 0 Å². The lowest BCUT2D eigenvalue weighted by molar-refractivity contribution is 0.493. The Labute approximate surface area is 142 Å². The Bertz CT molecular complexity index is 716. The van der Waals surface area contributed by atoms with E-state index in [1.807, 2.05) is 13.0 Å². The molecule has 5 nitrogen and oxygen atoms in total. The number of aryl methyl sites for hydroxylation is 1. The van der Waals surface area contributed by atoms with E-state index < -0.39 is 0 Å². The largest absolute Gasteiger partial charge is 0.357 e. The van der Waals surface area contributed by atoms with Crippen LogP contribution in [0.2, 0.25) is 0 Å². The topological polar surface area (TPSA) is 45.5 Å². The number of imidazole rings is 1. The number of benzene rings is 1. The molecule has 1 aromatic heterocycles. The number of aromatic nitrogens is 2. The number of aliphatic imine (C=N–C) groups is 1. The van der Waals surface area contributed by atoms with Crippen LogP contribution in [-0.2, 0) is 6.54 Å². The first-order valence-electron chi connectivity index (χ1n) is 8.51. The van der Waals surface area contributed by atoms with Gasteiger partial charge in [0.25, 0.3) is 0 Å². The standard InChI is InChI=1S/C18H24FN5/c1-3-20-18(23-9-4-5-10-23)22-13-15-6-7-17(16(19)12-15)24-11-8-21-14(24)2/h6-8,11-12H,3-5,9-10,13H2,1-2H3,(H,20,22). The fourth-order valence-electron chi connectivity index (χ4n) is 3.00. The van der Waals surface area contributed by atoms with Crippen LogP contribution in [0.3, 0.4) is 0 Å². The van der Waals surface area contributed by atoms with E-state index in [1.54, 1.807) is 29.1 Å². The van der Waals surface area contributed by atoms with E-state index in [0.29, 0.717) is 12.2 Å². The molecule has 24 heavy (non-hydrogen) atoms. The highest BCUT2D eigenvalue weighted by atomic mass is 19.1. The monoisotopic (exact) mass is 329 g/mol. The van der Waals surface area contributed by atoms with Crippen molar-refractivity contribution in [2.45, 2.75) is 33.2 Å².